The molecule has 1 aromatic carbocycles. The van der Waals surface area contributed by atoms with E-state index in [2.05, 4.69) is 17.5 Å². The van der Waals surface area contributed by atoms with Gasteiger partial charge in [-0.25, -0.2) is 5.43 Å². The molecule has 1 aliphatic rings. The van der Waals surface area contributed by atoms with Crippen molar-refractivity contribution in [3.63, 3.8) is 0 Å². The summed E-state index contributed by atoms with van der Waals surface area (Å²) in [7, 11) is 0. The quantitative estimate of drug-likeness (QED) is 0.667. The second-order valence-electron chi connectivity index (χ2n) is 5.33. The number of fused-ring (bicyclic) bond motifs is 1. The molecule has 0 fully saturated rings. The lowest BCUT2D eigenvalue weighted by molar-refractivity contribution is -0.125. The Morgan fingerprint density at radius 3 is 2.91 bits per heavy atom. The number of rotatable bonds is 5. The number of hydrogen-bond acceptors (Lipinski definition) is 4. The molecule has 1 N–H and O–H groups in total. The molecule has 0 spiro atoms. The van der Waals surface area contributed by atoms with E-state index in [9.17, 15) is 9.59 Å². The summed E-state index contributed by atoms with van der Waals surface area (Å²) in [4.78, 5) is 25.4. The highest BCUT2D eigenvalue weighted by Crippen LogP contribution is 2.31. The lowest BCUT2D eigenvalue weighted by atomic mass is 10.1. The predicted molar refractivity (Wildman–Crippen MR) is 85.0 cm³/mol. The smallest absolute Gasteiger partial charge is 0.265 e. The summed E-state index contributed by atoms with van der Waals surface area (Å²) in [5.74, 6) is 0.351. The van der Waals surface area contributed by atoms with Crippen LogP contribution in [0.4, 0.5) is 5.69 Å². The number of amides is 2. The van der Waals surface area contributed by atoms with Gasteiger partial charge in [0.1, 0.15) is 12.3 Å². The van der Waals surface area contributed by atoms with Crippen molar-refractivity contribution in [2.24, 2.45) is 11.0 Å². The van der Waals surface area contributed by atoms with Crippen LogP contribution in [0.3, 0.4) is 0 Å². The van der Waals surface area contributed by atoms with Gasteiger partial charge in [-0.1, -0.05) is 26.0 Å². The van der Waals surface area contributed by atoms with Gasteiger partial charge in [-0.05, 0) is 31.4 Å². The molecule has 1 atom stereocenters. The molecule has 0 aromatic heterocycles. The molecule has 2 amide bonds. The Bertz CT molecular complexity index is 598. The zero-order chi connectivity index (χ0) is 16.1. The Kier molecular flexibility index (Phi) is 5.14. The highest BCUT2D eigenvalue weighted by atomic mass is 16.5. The van der Waals surface area contributed by atoms with Gasteiger partial charge in [0.2, 0.25) is 0 Å². The number of hydrazone groups is 1. The SMILES string of the molecule is CC[C@@H](C)/C(C)=N\NC(=O)CN1C(=O)COc2ccccc21. The van der Waals surface area contributed by atoms with Gasteiger partial charge in [0.05, 0.1) is 5.69 Å². The molecular weight excluding hydrogens is 282 g/mol. The van der Waals surface area contributed by atoms with E-state index in [1.165, 1.54) is 4.90 Å². The highest BCUT2D eigenvalue weighted by Gasteiger charge is 2.26. The molecule has 118 valence electrons. The minimum Gasteiger partial charge on any atom is -0.482 e. The van der Waals surface area contributed by atoms with Gasteiger partial charge in [-0.3, -0.25) is 14.5 Å². The van der Waals surface area contributed by atoms with E-state index in [-0.39, 0.29) is 25.0 Å². The largest absolute Gasteiger partial charge is 0.482 e. The van der Waals surface area contributed by atoms with Crippen molar-refractivity contribution in [2.75, 3.05) is 18.1 Å². The molecule has 0 unspecified atom stereocenters. The average molecular weight is 303 g/mol. The van der Waals surface area contributed by atoms with E-state index < -0.39 is 0 Å². The summed E-state index contributed by atoms with van der Waals surface area (Å²) >= 11 is 0. The zero-order valence-electron chi connectivity index (χ0n) is 13.1. The van der Waals surface area contributed by atoms with Crippen molar-refractivity contribution >= 4 is 23.2 Å². The van der Waals surface area contributed by atoms with Gasteiger partial charge in [-0.2, -0.15) is 5.10 Å². The van der Waals surface area contributed by atoms with Crippen LogP contribution in [0.1, 0.15) is 27.2 Å². The van der Waals surface area contributed by atoms with E-state index in [1.54, 1.807) is 18.2 Å². The summed E-state index contributed by atoms with van der Waals surface area (Å²) < 4.78 is 5.34. The average Bonchev–Trinajstić information content (AvgIpc) is 2.54. The first-order valence-corrected chi connectivity index (χ1v) is 7.38. The molecule has 6 heteroatoms. The molecule has 22 heavy (non-hydrogen) atoms. The van der Waals surface area contributed by atoms with E-state index in [0.29, 0.717) is 17.4 Å². The molecule has 6 nitrogen and oxygen atoms in total. The van der Waals surface area contributed by atoms with Crippen molar-refractivity contribution < 1.29 is 14.3 Å². The number of carbonyl (C=O) groups is 2. The first-order valence-electron chi connectivity index (χ1n) is 7.38. The van der Waals surface area contributed by atoms with Gasteiger partial charge >= 0.3 is 0 Å². The normalized spacial score (nSPS) is 15.9. The number of anilines is 1. The summed E-state index contributed by atoms with van der Waals surface area (Å²) in [6.45, 7) is 5.86. The fourth-order valence-electron chi connectivity index (χ4n) is 2.06. The molecule has 0 radical (unpaired) electrons. The third kappa shape index (κ3) is 3.63. The fourth-order valence-corrected chi connectivity index (χ4v) is 2.06. The van der Waals surface area contributed by atoms with Gasteiger partial charge < -0.3 is 4.74 Å². The van der Waals surface area contributed by atoms with Crippen LogP contribution < -0.4 is 15.1 Å². The number of ether oxygens (including phenoxy) is 1. The Balaban J connectivity index is 2.04. The Hall–Kier alpha value is -2.37. The predicted octanol–water partition coefficient (Wildman–Crippen LogP) is 1.95. The summed E-state index contributed by atoms with van der Waals surface area (Å²) in [6.07, 6.45) is 0.959. The fraction of sp³-hybridized carbons (Fsp3) is 0.438. The van der Waals surface area contributed by atoms with Gasteiger partial charge in [0, 0.05) is 5.71 Å². The summed E-state index contributed by atoms with van der Waals surface area (Å²) in [5, 5.41) is 4.09. The van der Waals surface area contributed by atoms with Crippen LogP contribution in [0.2, 0.25) is 0 Å². The van der Waals surface area contributed by atoms with Crippen molar-refractivity contribution in [3.05, 3.63) is 24.3 Å². The zero-order valence-corrected chi connectivity index (χ0v) is 13.1. The molecular formula is C16H21N3O3. The number of para-hydroxylation sites is 2. The molecule has 1 aromatic rings. The number of carbonyl (C=O) groups excluding carboxylic acids is 2. The summed E-state index contributed by atoms with van der Waals surface area (Å²) in [6, 6.07) is 7.16. The van der Waals surface area contributed by atoms with Crippen molar-refractivity contribution in [1.29, 1.82) is 0 Å². The molecule has 0 aliphatic carbocycles. The Morgan fingerprint density at radius 1 is 1.45 bits per heavy atom. The van der Waals surface area contributed by atoms with Crippen LogP contribution in [-0.4, -0.2) is 30.7 Å². The highest BCUT2D eigenvalue weighted by molar-refractivity contribution is 6.02. The monoisotopic (exact) mass is 303 g/mol. The number of hydrogen-bond donors (Lipinski definition) is 1. The topological polar surface area (TPSA) is 71.0 Å². The number of benzene rings is 1. The van der Waals surface area contributed by atoms with E-state index >= 15 is 0 Å². The maximum atomic E-state index is 12.0. The molecule has 0 saturated heterocycles. The van der Waals surface area contributed by atoms with E-state index in [1.807, 2.05) is 19.9 Å². The van der Waals surface area contributed by atoms with Gasteiger partial charge in [0.25, 0.3) is 11.8 Å². The first-order chi connectivity index (χ1) is 10.5. The lowest BCUT2D eigenvalue weighted by Crippen LogP contribution is -2.44. The first kappa shape index (κ1) is 16.0. The molecule has 0 saturated carbocycles. The second-order valence-corrected chi connectivity index (χ2v) is 5.33. The molecule has 0 bridgehead atoms. The van der Waals surface area contributed by atoms with Crippen molar-refractivity contribution in [3.8, 4) is 5.75 Å². The Morgan fingerprint density at radius 2 is 2.18 bits per heavy atom. The van der Waals surface area contributed by atoms with Crippen LogP contribution in [-0.2, 0) is 9.59 Å². The maximum Gasteiger partial charge on any atom is 0.265 e. The minimum absolute atomic E-state index is 0.0561. The standard InChI is InChI=1S/C16H21N3O3/c1-4-11(2)12(3)17-18-15(20)9-19-13-7-5-6-8-14(13)22-10-16(19)21/h5-8,11H,4,9-10H2,1-3H3,(H,18,20)/b17-12-/t11-/m1/s1. The van der Waals surface area contributed by atoms with Crippen molar-refractivity contribution in [2.45, 2.75) is 27.2 Å². The van der Waals surface area contributed by atoms with Crippen LogP contribution in [0.5, 0.6) is 5.75 Å². The van der Waals surface area contributed by atoms with Crippen LogP contribution in [0, 0.1) is 5.92 Å². The van der Waals surface area contributed by atoms with E-state index in [0.717, 1.165) is 12.1 Å². The third-order valence-corrected chi connectivity index (χ3v) is 3.79. The summed E-state index contributed by atoms with van der Waals surface area (Å²) in [5.41, 5.74) is 3.98. The molecule has 1 aliphatic heterocycles. The Labute approximate surface area is 130 Å². The van der Waals surface area contributed by atoms with Gasteiger partial charge in [-0.15, -0.1) is 0 Å². The van der Waals surface area contributed by atoms with Gasteiger partial charge in [0.15, 0.2) is 6.61 Å². The third-order valence-electron chi connectivity index (χ3n) is 3.79. The minimum atomic E-state index is -0.326. The number of nitrogens with zero attached hydrogens (tertiary/aromatic N) is 2. The van der Waals surface area contributed by atoms with Crippen LogP contribution in [0.25, 0.3) is 0 Å². The van der Waals surface area contributed by atoms with E-state index in [4.69, 9.17) is 4.74 Å². The maximum absolute atomic E-state index is 12.0. The van der Waals surface area contributed by atoms with Crippen LogP contribution in [0.15, 0.2) is 29.4 Å². The second kappa shape index (κ2) is 7.06. The number of nitrogens with one attached hydrogen (secondary N) is 1. The van der Waals surface area contributed by atoms with Crippen LogP contribution >= 0.6 is 0 Å². The molecule has 1 heterocycles. The lowest BCUT2D eigenvalue weighted by Gasteiger charge is -2.28. The van der Waals surface area contributed by atoms with Crippen molar-refractivity contribution in [1.82, 2.24) is 5.43 Å². The molecule has 2 rings (SSSR count).